The molecule has 484 valence electrons. The summed E-state index contributed by atoms with van der Waals surface area (Å²) in [4.78, 5) is 133. The number of cyclic esters (lactones) is 2. The number of carbonyl (C=O) groups excluding carboxylic acids is 9. The first-order valence-electron chi connectivity index (χ1n) is 30.2. The lowest BCUT2D eigenvalue weighted by atomic mass is 9.87. The molecule has 2 aliphatic rings. The van der Waals surface area contributed by atoms with E-state index >= 15 is 0 Å². The van der Waals surface area contributed by atoms with Crippen LogP contribution < -0.4 is 29.6 Å². The highest BCUT2D eigenvalue weighted by atomic mass is 16.6. The van der Waals surface area contributed by atoms with E-state index in [-0.39, 0.29) is 69.5 Å². The second kappa shape index (κ2) is 32.7. The highest BCUT2D eigenvalue weighted by Crippen LogP contribution is 2.41. The highest BCUT2D eigenvalue weighted by Gasteiger charge is 2.43. The van der Waals surface area contributed by atoms with Crippen molar-refractivity contribution in [2.24, 2.45) is 5.41 Å². The zero-order chi connectivity index (χ0) is 65.8. The van der Waals surface area contributed by atoms with Crippen molar-refractivity contribution in [1.82, 2.24) is 30.2 Å². The number of benzene rings is 5. The molecule has 2 aliphatic heterocycles. The number of aromatic hydroxyl groups is 1. The molecule has 5 aromatic rings. The number of esters is 2. The van der Waals surface area contributed by atoms with Crippen molar-refractivity contribution >= 4 is 53.2 Å². The number of likely N-dealkylation sites (N-methyl/N-ethyl adjacent to an activating group) is 3. The normalized spacial score (nSPS) is 21.2. The van der Waals surface area contributed by atoms with Gasteiger partial charge in [-0.05, 0) is 111 Å². The molecule has 0 aromatic heterocycles. The first-order chi connectivity index (χ1) is 43.6. The third-order valence-corrected chi connectivity index (χ3v) is 16.1. The van der Waals surface area contributed by atoms with E-state index in [4.69, 9.17) is 28.4 Å². The van der Waals surface area contributed by atoms with Crippen LogP contribution in [0.25, 0.3) is 0 Å². The zero-order valence-electron chi connectivity index (χ0n) is 52.8. The van der Waals surface area contributed by atoms with Gasteiger partial charge in [0.05, 0.1) is 33.3 Å². The van der Waals surface area contributed by atoms with Gasteiger partial charge in [0.15, 0.2) is 18.1 Å². The van der Waals surface area contributed by atoms with E-state index in [0.717, 1.165) is 16.5 Å². The molecule has 3 N–H and O–H groups in total. The van der Waals surface area contributed by atoms with E-state index in [1.54, 1.807) is 110 Å². The molecule has 0 radical (unpaired) electrons. The molecule has 0 aliphatic carbocycles. The molecule has 1 saturated heterocycles. The maximum atomic E-state index is 14.9. The van der Waals surface area contributed by atoms with Gasteiger partial charge in [-0.15, -0.1) is 0 Å². The maximum Gasteiger partial charge on any atom is 0.330 e. The minimum absolute atomic E-state index is 0.0146. The number of nitrogens with one attached hydrogen (secondary N) is 2. The number of rotatable bonds is 12. The number of amides is 6. The number of fused-ring (bicyclic) bond motifs is 3. The number of carbonyl (C=O) groups is 9. The van der Waals surface area contributed by atoms with E-state index in [1.165, 1.54) is 82.2 Å². The highest BCUT2D eigenvalue weighted by molar-refractivity contribution is 6.38. The van der Waals surface area contributed by atoms with Crippen LogP contribution in [0.15, 0.2) is 133 Å². The molecule has 22 heteroatoms. The molecule has 1 fully saturated rings. The molecular formula is C69H82N6O16. The Kier molecular flexibility index (Phi) is 24.7. The number of ether oxygens (including phenoxy) is 6. The van der Waals surface area contributed by atoms with Crippen molar-refractivity contribution in [2.75, 3.05) is 75.3 Å². The third kappa shape index (κ3) is 18.9. The molecule has 0 spiro atoms. The third-order valence-electron chi connectivity index (χ3n) is 16.1. The minimum Gasteiger partial charge on any atom is -0.508 e. The molecule has 22 nitrogen and oxygen atoms in total. The molecule has 7 rings (SSSR count). The summed E-state index contributed by atoms with van der Waals surface area (Å²) < 4.78 is 35.0. The maximum absolute atomic E-state index is 14.9. The van der Waals surface area contributed by atoms with Gasteiger partial charge in [-0.25, -0.2) is 9.59 Å². The Hall–Kier alpha value is -9.73. The minimum atomic E-state index is -1.53. The van der Waals surface area contributed by atoms with E-state index in [0.29, 0.717) is 52.3 Å². The summed E-state index contributed by atoms with van der Waals surface area (Å²) >= 11 is 0. The summed E-state index contributed by atoms with van der Waals surface area (Å²) in [5.41, 5.74) is 1.57. The van der Waals surface area contributed by atoms with Crippen LogP contribution in [0.5, 0.6) is 28.7 Å². The van der Waals surface area contributed by atoms with E-state index in [2.05, 4.69) is 10.6 Å². The van der Waals surface area contributed by atoms with Crippen LogP contribution in [0.1, 0.15) is 79.9 Å². The van der Waals surface area contributed by atoms with Gasteiger partial charge in [0.1, 0.15) is 48.4 Å². The number of nitrogens with zero attached hydrogens (tertiary/aromatic N) is 4. The lowest BCUT2D eigenvalue weighted by molar-refractivity contribution is -0.165. The molecular weight excluding hydrogens is 1170 g/mol. The Labute approximate surface area is 530 Å². The largest absolute Gasteiger partial charge is 0.508 e. The lowest BCUT2D eigenvalue weighted by Crippen LogP contribution is -2.57. The summed E-state index contributed by atoms with van der Waals surface area (Å²) in [5, 5.41) is 15.9. The van der Waals surface area contributed by atoms with Crippen LogP contribution >= 0.6 is 0 Å². The number of phenols is 1. The standard InChI is InChI=1S/C69H82N6O16/c1-69(2)44-90-60(79)27-16-17-36-72(3)65(82)52(38-45-20-11-9-12-21-45)70-58(77)42-73(4)66(83)53(39-46-22-13-10-14-23-46)71-64(81)55(40-47-28-32-50(76)33-29-47)74(5)59(78)43-89-51-25-19-24-49(41-51)56(34-30-48-31-35-57(86-6)62(88-8)61(48)87-7)91-68(85)54-26-15-18-37-75(54)67(84)63(69)80/h9-14,16,19-25,27-29,31-33,35,41,52-56,76H,15,17-18,26,30,34,36-40,42-44H2,1-8H3,(H,70,77)(H,71,81)/b27-16+/t52-,53-,54+,55+,56-/m1/s1. The van der Waals surface area contributed by atoms with Crippen LogP contribution in [-0.2, 0) is 78.3 Å². The van der Waals surface area contributed by atoms with Crippen molar-refractivity contribution in [1.29, 1.82) is 0 Å². The average molecular weight is 1250 g/mol. The Morgan fingerprint density at radius 1 is 0.659 bits per heavy atom. The van der Waals surface area contributed by atoms with Crippen LogP contribution in [-0.4, -0.2) is 177 Å². The molecule has 5 aromatic carbocycles. The summed E-state index contributed by atoms with van der Waals surface area (Å²) in [5.74, 6) is -5.26. The molecule has 0 saturated carbocycles. The van der Waals surface area contributed by atoms with Crippen LogP contribution in [0, 0.1) is 5.41 Å². The summed E-state index contributed by atoms with van der Waals surface area (Å²) in [6, 6.07) is 29.3. The Bertz CT molecular complexity index is 3400. The van der Waals surface area contributed by atoms with Gasteiger partial charge < -0.3 is 63.8 Å². The number of piperidine rings is 1. The second-order valence-electron chi connectivity index (χ2n) is 23.2. The number of Topliss-reactive ketones (excluding diaryl/α,β-unsaturated/α-hetero) is 1. The molecule has 91 heavy (non-hydrogen) atoms. The summed E-state index contributed by atoms with van der Waals surface area (Å²) in [6.45, 7) is 1.50. The predicted octanol–water partition coefficient (Wildman–Crippen LogP) is 5.93. The topological polar surface area (TPSA) is 266 Å². The van der Waals surface area contributed by atoms with Gasteiger partial charge in [-0.1, -0.05) is 97.1 Å². The molecule has 0 unspecified atom stereocenters. The van der Waals surface area contributed by atoms with Gasteiger partial charge in [0.2, 0.25) is 35.2 Å². The number of aryl methyl sites for hydroxylation is 1. The first-order valence-corrected chi connectivity index (χ1v) is 30.2. The van der Waals surface area contributed by atoms with Crippen molar-refractivity contribution in [2.45, 2.75) is 102 Å². The number of hydrogen-bond acceptors (Lipinski definition) is 16. The van der Waals surface area contributed by atoms with Crippen molar-refractivity contribution < 1.29 is 76.7 Å². The van der Waals surface area contributed by atoms with E-state index in [1.807, 2.05) is 6.07 Å². The molecule has 2 bridgehead atoms. The summed E-state index contributed by atoms with van der Waals surface area (Å²) in [7, 11) is 8.83. The Morgan fingerprint density at radius 3 is 1.95 bits per heavy atom. The molecule has 6 amide bonds. The number of phenolic OH excluding ortho intramolecular Hbond substituents is 1. The lowest BCUT2D eigenvalue weighted by Gasteiger charge is -2.36. The fourth-order valence-electron chi connectivity index (χ4n) is 10.8. The Morgan fingerprint density at radius 2 is 1.30 bits per heavy atom. The number of ketones is 1. The van der Waals surface area contributed by atoms with Crippen LogP contribution in [0.3, 0.4) is 0 Å². The fraction of sp³-hybridized carbons (Fsp3) is 0.406. The second-order valence-corrected chi connectivity index (χ2v) is 23.2. The van der Waals surface area contributed by atoms with E-state index in [9.17, 15) is 48.3 Å². The van der Waals surface area contributed by atoms with Gasteiger partial charge in [0.25, 0.3) is 11.8 Å². The molecule has 5 atom stereocenters. The van der Waals surface area contributed by atoms with Crippen LogP contribution in [0.2, 0.25) is 0 Å². The van der Waals surface area contributed by atoms with Crippen molar-refractivity contribution in [3.05, 3.63) is 161 Å². The number of methoxy groups -OCH3 is 3. The van der Waals surface area contributed by atoms with Crippen molar-refractivity contribution in [3.63, 3.8) is 0 Å². The predicted molar refractivity (Wildman–Crippen MR) is 336 cm³/mol. The van der Waals surface area contributed by atoms with Gasteiger partial charge in [-0.2, -0.15) is 0 Å². The van der Waals surface area contributed by atoms with E-state index < -0.39 is 109 Å². The fourth-order valence-corrected chi connectivity index (χ4v) is 10.8. The van der Waals surface area contributed by atoms with Crippen LogP contribution in [0.4, 0.5) is 0 Å². The SMILES string of the molecule is COc1ccc(CC[C@H]2OC(=O)[C@@H]3CCCCN3C(=O)C(=O)C(C)(C)COC(=O)/C=C/CCN(C)C(=O)[C@@H](Cc3ccccc3)NC(=O)CN(C)C(=O)[C@@H](Cc3ccccc3)NC(=O)[C@H](Cc3ccc(O)cc3)N(C)C(=O)COc3cccc2c3)c(OC)c1OC. The van der Waals surface area contributed by atoms with Gasteiger partial charge in [0, 0.05) is 59.6 Å². The molecule has 2 heterocycles. The summed E-state index contributed by atoms with van der Waals surface area (Å²) in [6.07, 6.45) is 3.41. The zero-order valence-corrected chi connectivity index (χ0v) is 52.8. The number of hydrogen-bond donors (Lipinski definition) is 3. The Balaban J connectivity index is 1.23. The quantitative estimate of drug-likeness (QED) is 0.0964. The first kappa shape index (κ1) is 68.8. The van der Waals surface area contributed by atoms with Gasteiger partial charge in [-0.3, -0.25) is 33.6 Å². The smallest absolute Gasteiger partial charge is 0.330 e. The van der Waals surface area contributed by atoms with Crippen molar-refractivity contribution in [3.8, 4) is 28.7 Å². The average Bonchev–Trinajstić information content (AvgIpc) is 1.37. The monoisotopic (exact) mass is 1250 g/mol. The van der Waals surface area contributed by atoms with Gasteiger partial charge >= 0.3 is 11.9 Å².